The van der Waals surface area contributed by atoms with Crippen LogP contribution in [-0.4, -0.2) is 56.9 Å². The highest BCUT2D eigenvalue weighted by molar-refractivity contribution is 14.0. The summed E-state index contributed by atoms with van der Waals surface area (Å²) in [4.78, 5) is 18.8. The van der Waals surface area contributed by atoms with Crippen LogP contribution in [0.4, 0.5) is 0 Å². The Morgan fingerprint density at radius 3 is 2.37 bits per heavy atom. The van der Waals surface area contributed by atoms with Crippen LogP contribution in [0.2, 0.25) is 0 Å². The normalized spacial score (nSPS) is 14.9. The second-order valence-corrected chi connectivity index (χ2v) is 9.75. The highest BCUT2D eigenvalue weighted by Crippen LogP contribution is 2.18. The van der Waals surface area contributed by atoms with E-state index in [2.05, 4.69) is 20.3 Å². The van der Waals surface area contributed by atoms with Gasteiger partial charge in [-0.1, -0.05) is 18.2 Å². The molecular weight excluding hydrogens is 517 g/mol. The van der Waals surface area contributed by atoms with Crippen LogP contribution in [0.3, 0.4) is 0 Å². The Labute approximate surface area is 197 Å². The van der Waals surface area contributed by atoms with Gasteiger partial charge in [-0.25, -0.2) is 18.1 Å². The van der Waals surface area contributed by atoms with Crippen molar-refractivity contribution in [3.05, 3.63) is 29.8 Å². The summed E-state index contributed by atoms with van der Waals surface area (Å²) in [5.41, 5.74) is 0.00840. The summed E-state index contributed by atoms with van der Waals surface area (Å²) in [6.07, 6.45) is 2.10. The van der Waals surface area contributed by atoms with E-state index in [0.29, 0.717) is 18.1 Å². The number of likely N-dealkylation sites (tertiary alicyclic amines) is 1. The van der Waals surface area contributed by atoms with Gasteiger partial charge in [0.1, 0.15) is 0 Å². The van der Waals surface area contributed by atoms with Gasteiger partial charge >= 0.3 is 0 Å². The lowest BCUT2D eigenvalue weighted by Gasteiger charge is -2.21. The molecule has 1 aliphatic rings. The molecule has 30 heavy (non-hydrogen) atoms. The molecule has 1 aromatic rings. The molecule has 1 aromatic carbocycles. The summed E-state index contributed by atoms with van der Waals surface area (Å²) < 4.78 is 28.2. The van der Waals surface area contributed by atoms with E-state index in [1.807, 2.05) is 11.8 Å². The molecule has 1 heterocycles. The van der Waals surface area contributed by atoms with Crippen LogP contribution in [0.1, 0.15) is 46.1 Å². The molecule has 2 rings (SSSR count). The van der Waals surface area contributed by atoms with Gasteiger partial charge in [0.2, 0.25) is 15.9 Å². The van der Waals surface area contributed by atoms with Crippen LogP contribution in [0, 0.1) is 0 Å². The molecule has 0 radical (unpaired) electrons. The maximum Gasteiger partial charge on any atom is 0.241 e. The number of guanidine groups is 1. The standard InChI is InChI=1S/C20H33N5O3S.HI/c1-5-21-19(23-15-18(26)25-12-8-9-13-25)22-14-16-10-6-7-11-17(16)29(27,28)24-20(2,3)4;/h6-7,10-11,24H,5,8-9,12-15H2,1-4H3,(H2,21,22,23);1H. The van der Waals surface area contributed by atoms with Crippen molar-refractivity contribution < 1.29 is 13.2 Å². The number of rotatable bonds is 7. The van der Waals surface area contributed by atoms with E-state index in [4.69, 9.17) is 0 Å². The largest absolute Gasteiger partial charge is 0.357 e. The molecule has 0 atom stereocenters. The van der Waals surface area contributed by atoms with E-state index in [1.165, 1.54) is 0 Å². The number of nitrogens with one attached hydrogen (secondary N) is 3. The highest BCUT2D eigenvalue weighted by Gasteiger charge is 2.24. The summed E-state index contributed by atoms with van der Waals surface area (Å²) in [7, 11) is -3.67. The lowest BCUT2D eigenvalue weighted by Crippen LogP contribution is -2.44. The second kappa shape index (κ2) is 11.8. The van der Waals surface area contributed by atoms with Crippen LogP contribution >= 0.6 is 24.0 Å². The maximum atomic E-state index is 12.8. The molecule has 170 valence electrons. The number of benzene rings is 1. The molecular formula is C20H34IN5O3S. The zero-order valence-corrected chi connectivity index (χ0v) is 21.3. The van der Waals surface area contributed by atoms with Gasteiger partial charge in [0.05, 0.1) is 18.0 Å². The Morgan fingerprint density at radius 1 is 1.13 bits per heavy atom. The van der Waals surface area contributed by atoms with Gasteiger partial charge in [0, 0.05) is 25.2 Å². The first-order chi connectivity index (χ1) is 13.6. The number of amides is 1. The third-order valence-corrected chi connectivity index (χ3v) is 6.18. The summed E-state index contributed by atoms with van der Waals surface area (Å²) in [5, 5.41) is 6.14. The van der Waals surface area contributed by atoms with Gasteiger partial charge in [-0.15, -0.1) is 24.0 Å². The zero-order chi connectivity index (χ0) is 21.5. The molecule has 0 saturated carbocycles. The van der Waals surface area contributed by atoms with E-state index in [1.54, 1.807) is 45.0 Å². The number of carbonyl (C=O) groups excluding carboxylic acids is 1. The lowest BCUT2D eigenvalue weighted by molar-refractivity contribution is -0.128. The first-order valence-electron chi connectivity index (χ1n) is 10.0. The van der Waals surface area contributed by atoms with Crippen molar-refractivity contribution in [3.63, 3.8) is 0 Å². The topological polar surface area (TPSA) is 103 Å². The van der Waals surface area contributed by atoms with Gasteiger partial charge in [0.15, 0.2) is 5.96 Å². The molecule has 0 spiro atoms. The predicted molar refractivity (Wildman–Crippen MR) is 131 cm³/mol. The predicted octanol–water partition coefficient (Wildman–Crippen LogP) is 2.06. The first kappa shape index (κ1) is 26.6. The van der Waals surface area contributed by atoms with Crippen molar-refractivity contribution in [3.8, 4) is 0 Å². The molecule has 1 aliphatic heterocycles. The summed E-state index contributed by atoms with van der Waals surface area (Å²) in [5.74, 6) is 0.529. The molecule has 1 fully saturated rings. The Hall–Kier alpha value is -1.40. The van der Waals surface area contributed by atoms with Crippen LogP contribution in [0.25, 0.3) is 0 Å². The molecule has 8 nitrogen and oxygen atoms in total. The number of hydrogen-bond acceptors (Lipinski definition) is 4. The maximum absolute atomic E-state index is 12.8. The number of hydrogen-bond donors (Lipinski definition) is 3. The zero-order valence-electron chi connectivity index (χ0n) is 18.2. The lowest BCUT2D eigenvalue weighted by atomic mass is 10.1. The monoisotopic (exact) mass is 551 g/mol. The fraction of sp³-hybridized carbons (Fsp3) is 0.600. The number of halogens is 1. The second-order valence-electron chi connectivity index (χ2n) is 8.10. The average molecular weight is 551 g/mol. The smallest absolute Gasteiger partial charge is 0.241 e. The summed E-state index contributed by atoms with van der Waals surface area (Å²) >= 11 is 0. The molecule has 0 unspecified atom stereocenters. The molecule has 0 aromatic heterocycles. The van der Waals surface area contributed by atoms with Crippen LogP contribution in [0.15, 0.2) is 34.2 Å². The van der Waals surface area contributed by atoms with Crippen LogP contribution < -0.4 is 15.4 Å². The van der Waals surface area contributed by atoms with E-state index < -0.39 is 15.6 Å². The molecule has 10 heteroatoms. The minimum Gasteiger partial charge on any atom is -0.357 e. The minimum absolute atomic E-state index is 0. The highest BCUT2D eigenvalue weighted by atomic mass is 127. The quantitative estimate of drug-likeness (QED) is 0.274. The molecule has 0 bridgehead atoms. The Bertz CT molecular complexity index is 831. The third kappa shape index (κ3) is 8.38. The van der Waals surface area contributed by atoms with Crippen molar-refractivity contribution in [1.82, 2.24) is 20.3 Å². The Kier molecular flexibility index (Phi) is 10.5. The van der Waals surface area contributed by atoms with E-state index in [-0.39, 0.29) is 47.9 Å². The SMILES string of the molecule is CCNC(=NCc1ccccc1S(=O)(=O)NC(C)(C)C)NCC(=O)N1CCCC1.I. The van der Waals surface area contributed by atoms with Gasteiger partial charge in [-0.2, -0.15) is 0 Å². The van der Waals surface area contributed by atoms with E-state index in [9.17, 15) is 13.2 Å². The van der Waals surface area contributed by atoms with Gasteiger partial charge in [-0.05, 0) is 52.2 Å². The first-order valence-corrected chi connectivity index (χ1v) is 11.5. The fourth-order valence-corrected chi connectivity index (χ4v) is 4.75. The van der Waals surface area contributed by atoms with E-state index >= 15 is 0 Å². The number of nitrogens with zero attached hydrogens (tertiary/aromatic N) is 2. The van der Waals surface area contributed by atoms with Crippen molar-refractivity contribution in [2.75, 3.05) is 26.2 Å². The summed E-state index contributed by atoms with van der Waals surface area (Å²) in [6, 6.07) is 6.82. The number of sulfonamides is 1. The Balaban J connectivity index is 0.00000450. The average Bonchev–Trinajstić information content (AvgIpc) is 3.17. The van der Waals surface area contributed by atoms with Gasteiger partial charge in [0.25, 0.3) is 0 Å². The Morgan fingerprint density at radius 2 is 1.77 bits per heavy atom. The minimum atomic E-state index is -3.67. The van der Waals surface area contributed by atoms with Crippen LogP contribution in [0.5, 0.6) is 0 Å². The molecule has 3 N–H and O–H groups in total. The van der Waals surface area contributed by atoms with Crippen molar-refractivity contribution in [1.29, 1.82) is 0 Å². The summed E-state index contributed by atoms with van der Waals surface area (Å²) in [6.45, 7) is 9.92. The fourth-order valence-electron chi connectivity index (χ4n) is 3.10. The van der Waals surface area contributed by atoms with Crippen molar-refractivity contribution in [2.24, 2.45) is 4.99 Å². The third-order valence-electron chi connectivity index (χ3n) is 4.32. The molecule has 0 aliphatic carbocycles. The van der Waals surface area contributed by atoms with Gasteiger partial charge < -0.3 is 15.5 Å². The van der Waals surface area contributed by atoms with E-state index in [0.717, 1.165) is 25.9 Å². The molecule has 1 amide bonds. The van der Waals surface area contributed by atoms with Gasteiger partial charge in [-0.3, -0.25) is 4.79 Å². The number of aliphatic imine (C=N–C) groups is 1. The number of carbonyl (C=O) groups is 1. The van der Waals surface area contributed by atoms with Crippen molar-refractivity contribution >= 4 is 45.9 Å². The van der Waals surface area contributed by atoms with Crippen molar-refractivity contribution in [2.45, 2.75) is 57.5 Å². The van der Waals surface area contributed by atoms with Crippen LogP contribution in [-0.2, 0) is 21.4 Å². The molecule has 1 saturated heterocycles.